The summed E-state index contributed by atoms with van der Waals surface area (Å²) in [5.74, 6) is 0.628. The molecule has 5 unspecified atom stereocenters. The summed E-state index contributed by atoms with van der Waals surface area (Å²) in [7, 11) is 6.28. The van der Waals surface area contributed by atoms with E-state index in [4.69, 9.17) is 17.8 Å². The van der Waals surface area contributed by atoms with Crippen molar-refractivity contribution in [1.82, 2.24) is 0 Å². The molecule has 0 radical (unpaired) electrons. The molecule has 9 nitrogen and oxygen atoms in total. The van der Waals surface area contributed by atoms with Crippen LogP contribution in [0.15, 0.2) is 70.1 Å². The molecule has 2 aliphatic rings. The second kappa shape index (κ2) is 15.5. The maximum Gasteiger partial charge on any atom is 0.188 e. The third-order valence-electron chi connectivity index (χ3n) is 8.85. The zero-order valence-corrected chi connectivity index (χ0v) is 28.7. The molecule has 2 aliphatic heterocycles. The molecule has 2 aromatic carbocycles. The van der Waals surface area contributed by atoms with Gasteiger partial charge in [-0.2, -0.15) is 0 Å². The molecule has 12 heteroatoms. The molecule has 0 amide bonds. The van der Waals surface area contributed by atoms with E-state index < -0.39 is 27.6 Å². The molecule has 2 heterocycles. The lowest BCUT2D eigenvalue weighted by Crippen LogP contribution is -2.43. The molecule has 0 aliphatic carbocycles. The van der Waals surface area contributed by atoms with Gasteiger partial charge in [0.05, 0.1) is 36.7 Å². The predicted octanol–water partition coefficient (Wildman–Crippen LogP) is 5.96. The average Bonchev–Trinajstić information content (AvgIpc) is 3.44. The number of anilines is 2. The van der Waals surface area contributed by atoms with Gasteiger partial charge in [-0.3, -0.25) is 8.37 Å². The lowest BCUT2D eigenvalue weighted by molar-refractivity contribution is 0.179. The van der Waals surface area contributed by atoms with E-state index in [-0.39, 0.29) is 11.5 Å². The fraction of sp³-hybridized carbons (Fsp3) is 0.500. The zero-order chi connectivity index (χ0) is 31.9. The van der Waals surface area contributed by atoms with Gasteiger partial charge in [0, 0.05) is 61.0 Å². The van der Waals surface area contributed by atoms with Crippen molar-refractivity contribution >= 4 is 45.6 Å². The maximum absolute atomic E-state index is 12.6. The molecule has 2 N–H and O–H groups in total. The normalized spacial score (nSPS) is 24.9. The Morgan fingerprint density at radius 2 is 1.61 bits per heavy atom. The largest absolute Gasteiger partial charge is 0.385 e. The number of ether oxygens (including phenoxy) is 2. The average molecular weight is 665 g/mol. The quantitative estimate of drug-likeness (QED) is 0.165. The molecule has 0 bridgehead atoms. The molecule has 0 fully saturated rings. The number of hydrogen-bond donors (Lipinski definition) is 2. The summed E-state index contributed by atoms with van der Waals surface area (Å²) in [6.45, 7) is 6.21. The first-order valence-corrected chi connectivity index (χ1v) is 17.7. The highest BCUT2D eigenvalue weighted by Crippen LogP contribution is 2.50. The number of fused-ring (bicyclic) bond motifs is 2. The smallest absolute Gasteiger partial charge is 0.188 e. The van der Waals surface area contributed by atoms with Crippen LogP contribution in [0.4, 0.5) is 11.4 Å². The predicted molar refractivity (Wildman–Crippen MR) is 179 cm³/mol. The van der Waals surface area contributed by atoms with Gasteiger partial charge in [-0.15, -0.1) is 0 Å². The highest BCUT2D eigenvalue weighted by molar-refractivity contribution is 7.93. The van der Waals surface area contributed by atoms with E-state index in [9.17, 15) is 13.0 Å². The maximum atomic E-state index is 12.6. The number of rotatable bonds is 16. The van der Waals surface area contributed by atoms with Gasteiger partial charge in [0.15, 0.2) is 22.2 Å². The van der Waals surface area contributed by atoms with Gasteiger partial charge in [0.25, 0.3) is 0 Å². The minimum Gasteiger partial charge on any atom is -0.385 e. The molecule has 4 rings (SSSR count). The van der Waals surface area contributed by atoms with Crippen LogP contribution in [-0.2, 0) is 50.8 Å². The first-order chi connectivity index (χ1) is 21.2. The Morgan fingerprint density at radius 3 is 2.25 bits per heavy atom. The van der Waals surface area contributed by atoms with E-state index in [1.54, 1.807) is 14.2 Å². The summed E-state index contributed by atoms with van der Waals surface area (Å²) in [6, 6.07) is 11.6. The third kappa shape index (κ3) is 7.02. The zero-order valence-electron chi connectivity index (χ0n) is 26.3. The minimum atomic E-state index is -1.56. The van der Waals surface area contributed by atoms with Crippen molar-refractivity contribution in [2.45, 2.75) is 59.8 Å². The standard InChI is InChI=1S/C32H44N2O7S3/c1-31(16-18-38-3)25-21-23(43(36)40-5)11-13-27(25)33-29(31)9-7-10-30-32(2,15-8-20-42-35)26-22-24(44(37)41-6)12-14-28(26)34(30)17-19-39-4/h7,9-14,21-22,30,33,35H,8,15-20H2,1-6H3/b10-7+,29-9+. The van der Waals surface area contributed by atoms with Crippen LogP contribution in [0.2, 0.25) is 0 Å². The summed E-state index contributed by atoms with van der Waals surface area (Å²) in [5, 5.41) is 3.60. The van der Waals surface area contributed by atoms with E-state index >= 15 is 0 Å². The molecule has 0 saturated heterocycles. The molecule has 0 aromatic heterocycles. The van der Waals surface area contributed by atoms with Crippen molar-refractivity contribution in [2.24, 2.45) is 0 Å². The Morgan fingerprint density at radius 1 is 0.955 bits per heavy atom. The van der Waals surface area contributed by atoms with Crippen molar-refractivity contribution in [3.05, 3.63) is 71.5 Å². The van der Waals surface area contributed by atoms with Crippen LogP contribution in [0.25, 0.3) is 0 Å². The van der Waals surface area contributed by atoms with Crippen LogP contribution in [0.5, 0.6) is 0 Å². The number of allylic oxidation sites excluding steroid dienone is 3. The number of methoxy groups -OCH3 is 2. The number of nitrogens with one attached hydrogen (secondary N) is 1. The Bertz CT molecular complexity index is 1420. The molecule has 242 valence electrons. The van der Waals surface area contributed by atoms with Gasteiger partial charge in [0.2, 0.25) is 0 Å². The highest BCUT2D eigenvalue weighted by atomic mass is 32.2. The van der Waals surface area contributed by atoms with Crippen LogP contribution >= 0.6 is 12.0 Å². The van der Waals surface area contributed by atoms with E-state index in [1.165, 1.54) is 14.2 Å². The van der Waals surface area contributed by atoms with E-state index in [1.807, 2.05) is 36.4 Å². The number of benzene rings is 2. The molecule has 44 heavy (non-hydrogen) atoms. The molecule has 0 saturated carbocycles. The van der Waals surface area contributed by atoms with Crippen LogP contribution in [0, 0.1) is 0 Å². The van der Waals surface area contributed by atoms with Gasteiger partial charge in [-0.1, -0.05) is 19.1 Å². The minimum absolute atomic E-state index is 0.0239. The topological polar surface area (TPSA) is 107 Å². The number of hydrogen-bond acceptors (Lipinski definition) is 10. The first kappa shape index (κ1) is 34.8. The SMILES string of the molecule is COCCN1c2ccc(S(=O)OC)cc2C(C)(CCCSO)C1/C=C/C=C1/Nc2ccc(S(=O)OC)cc2C1(C)CCOC. The van der Waals surface area contributed by atoms with Crippen molar-refractivity contribution in [3.8, 4) is 0 Å². The molecule has 0 spiro atoms. The van der Waals surface area contributed by atoms with Crippen LogP contribution in [0.3, 0.4) is 0 Å². The summed E-state index contributed by atoms with van der Waals surface area (Å²) in [4.78, 5) is 3.60. The summed E-state index contributed by atoms with van der Waals surface area (Å²) >= 11 is -2.24. The van der Waals surface area contributed by atoms with Gasteiger partial charge < -0.3 is 24.2 Å². The number of nitrogens with zero attached hydrogens (tertiary/aromatic N) is 1. The Hall–Kier alpha value is -2.03. The molecular formula is C32H44N2O7S3. The first-order valence-electron chi connectivity index (χ1n) is 14.6. The van der Waals surface area contributed by atoms with Crippen LogP contribution in [-0.4, -0.2) is 73.0 Å². The second-order valence-corrected chi connectivity index (χ2v) is 14.6. The Labute approximate surface area is 270 Å². The highest BCUT2D eigenvalue weighted by Gasteiger charge is 2.46. The molecule has 5 atom stereocenters. The lowest BCUT2D eigenvalue weighted by Gasteiger charge is -2.35. The molecule has 2 aromatic rings. The van der Waals surface area contributed by atoms with Crippen LogP contribution in [0.1, 0.15) is 44.2 Å². The van der Waals surface area contributed by atoms with E-state index in [0.717, 1.165) is 59.5 Å². The molecular weight excluding hydrogens is 621 g/mol. The van der Waals surface area contributed by atoms with Crippen molar-refractivity contribution in [1.29, 1.82) is 0 Å². The van der Waals surface area contributed by atoms with Gasteiger partial charge in [-0.25, -0.2) is 8.42 Å². The summed E-state index contributed by atoms with van der Waals surface area (Å²) in [5.41, 5.74) is 4.52. The van der Waals surface area contributed by atoms with E-state index in [0.29, 0.717) is 35.3 Å². The van der Waals surface area contributed by atoms with Gasteiger partial charge in [-0.05, 0) is 91.8 Å². The second-order valence-electron chi connectivity index (χ2n) is 11.3. The Balaban J connectivity index is 1.75. The third-order valence-corrected chi connectivity index (χ3v) is 11.2. The lowest BCUT2D eigenvalue weighted by atomic mass is 9.74. The van der Waals surface area contributed by atoms with E-state index in [2.05, 4.69) is 42.3 Å². The van der Waals surface area contributed by atoms with Crippen LogP contribution < -0.4 is 10.2 Å². The van der Waals surface area contributed by atoms with Gasteiger partial charge in [0.1, 0.15) is 0 Å². The van der Waals surface area contributed by atoms with Gasteiger partial charge >= 0.3 is 0 Å². The Kier molecular flexibility index (Phi) is 12.3. The monoisotopic (exact) mass is 664 g/mol. The van der Waals surface area contributed by atoms with Crippen molar-refractivity contribution < 1.29 is 30.8 Å². The summed E-state index contributed by atoms with van der Waals surface area (Å²) in [6.07, 6.45) is 8.83. The van der Waals surface area contributed by atoms with Crippen molar-refractivity contribution in [3.63, 3.8) is 0 Å². The fourth-order valence-electron chi connectivity index (χ4n) is 6.40. The fourth-order valence-corrected chi connectivity index (χ4v) is 7.85. The summed E-state index contributed by atoms with van der Waals surface area (Å²) < 4.78 is 55.7. The van der Waals surface area contributed by atoms with Crippen molar-refractivity contribution in [2.75, 3.05) is 64.2 Å².